The zero-order valence-corrected chi connectivity index (χ0v) is 23.4. The number of benzene rings is 4. The third-order valence-electron chi connectivity index (χ3n) is 7.91. The van der Waals surface area contributed by atoms with E-state index in [0.717, 1.165) is 43.8 Å². The highest BCUT2D eigenvalue weighted by molar-refractivity contribution is 6.08. The summed E-state index contributed by atoms with van der Waals surface area (Å²) in [5.74, 6) is 0.815. The van der Waals surface area contributed by atoms with Crippen molar-refractivity contribution in [3.8, 4) is 11.1 Å². The fourth-order valence-corrected chi connectivity index (χ4v) is 5.65. The van der Waals surface area contributed by atoms with Gasteiger partial charge in [-0.1, -0.05) is 79.4 Å². The zero-order valence-electron chi connectivity index (χ0n) is 23.4. The third kappa shape index (κ3) is 6.58. The highest BCUT2D eigenvalue weighted by Gasteiger charge is 2.31. The number of nitrogens with zero attached hydrogens (tertiary/aromatic N) is 1. The van der Waals surface area contributed by atoms with Gasteiger partial charge >= 0.3 is 6.18 Å². The number of anilines is 1. The molecule has 0 aliphatic carbocycles. The Morgan fingerprint density at radius 3 is 2.12 bits per heavy atom. The molecule has 4 aromatic rings. The fourth-order valence-electron chi connectivity index (χ4n) is 5.65. The normalized spacial score (nSPS) is 15.1. The van der Waals surface area contributed by atoms with Crippen LogP contribution in [-0.4, -0.2) is 31.0 Å². The van der Waals surface area contributed by atoms with Crippen LogP contribution in [-0.2, 0) is 10.9 Å². The molecular weight excluding hydrogens is 537 g/mol. The molecule has 0 aromatic heterocycles. The molecule has 7 heteroatoms. The maximum atomic E-state index is 13.2. The molecule has 1 saturated heterocycles. The van der Waals surface area contributed by atoms with Gasteiger partial charge in [0.15, 0.2) is 0 Å². The van der Waals surface area contributed by atoms with E-state index < -0.39 is 11.7 Å². The van der Waals surface area contributed by atoms with Gasteiger partial charge in [0, 0.05) is 11.3 Å². The quantitative estimate of drug-likeness (QED) is 0.216. The second kappa shape index (κ2) is 12.7. The number of hydrogen-bond acceptors (Lipinski definition) is 3. The maximum absolute atomic E-state index is 13.2. The lowest BCUT2D eigenvalue weighted by atomic mass is 9.88. The van der Waals surface area contributed by atoms with E-state index in [4.69, 9.17) is 4.74 Å². The van der Waals surface area contributed by atoms with E-state index in [9.17, 15) is 18.0 Å². The zero-order chi connectivity index (χ0) is 29.7. The lowest BCUT2D eigenvalue weighted by Crippen LogP contribution is -2.37. The van der Waals surface area contributed by atoms with Crippen LogP contribution in [0.25, 0.3) is 11.1 Å². The SMILES string of the molecule is C=C(OC)C(c1ccccc1)N1CCC(c2ccc(NC(=O)c3ccccc3-c3ccc(C(F)(F)F)cc3)cc2)CC1. The molecule has 1 amide bonds. The minimum absolute atomic E-state index is 0.0141. The Bertz CT molecular complexity index is 1510. The molecule has 42 heavy (non-hydrogen) atoms. The van der Waals surface area contributed by atoms with Gasteiger partial charge < -0.3 is 10.1 Å². The van der Waals surface area contributed by atoms with Crippen LogP contribution in [0.15, 0.2) is 115 Å². The first-order valence-corrected chi connectivity index (χ1v) is 13.9. The number of piperidine rings is 1. The summed E-state index contributed by atoms with van der Waals surface area (Å²) in [4.78, 5) is 15.6. The monoisotopic (exact) mass is 570 g/mol. The summed E-state index contributed by atoms with van der Waals surface area (Å²) in [6, 6.07) is 30.0. The van der Waals surface area contributed by atoms with Crippen molar-refractivity contribution in [2.45, 2.75) is 31.0 Å². The van der Waals surface area contributed by atoms with E-state index in [2.05, 4.69) is 41.1 Å². The molecule has 4 aromatic carbocycles. The highest BCUT2D eigenvalue weighted by atomic mass is 19.4. The van der Waals surface area contributed by atoms with Crippen LogP contribution in [0.1, 0.15) is 51.8 Å². The number of likely N-dealkylation sites (tertiary alicyclic amines) is 1. The Hall–Kier alpha value is -4.36. The van der Waals surface area contributed by atoms with Gasteiger partial charge in [-0.3, -0.25) is 9.69 Å². The number of carbonyl (C=O) groups is 1. The molecule has 0 saturated carbocycles. The van der Waals surface area contributed by atoms with E-state index in [0.29, 0.717) is 28.3 Å². The summed E-state index contributed by atoms with van der Waals surface area (Å²) in [6.45, 7) is 5.97. The molecule has 1 N–H and O–H groups in total. The maximum Gasteiger partial charge on any atom is 0.416 e. The molecule has 216 valence electrons. The molecule has 0 radical (unpaired) electrons. The van der Waals surface area contributed by atoms with Gasteiger partial charge in [-0.05, 0) is 84.4 Å². The number of nitrogens with one attached hydrogen (secondary N) is 1. The molecule has 1 unspecified atom stereocenters. The van der Waals surface area contributed by atoms with Gasteiger partial charge in [0.25, 0.3) is 5.91 Å². The molecule has 0 bridgehead atoms. The van der Waals surface area contributed by atoms with Crippen LogP contribution in [0.4, 0.5) is 18.9 Å². The number of amides is 1. The average molecular weight is 571 g/mol. The Morgan fingerprint density at radius 2 is 1.50 bits per heavy atom. The molecule has 4 nitrogen and oxygen atoms in total. The van der Waals surface area contributed by atoms with E-state index in [-0.39, 0.29) is 11.9 Å². The summed E-state index contributed by atoms with van der Waals surface area (Å²) >= 11 is 0. The summed E-state index contributed by atoms with van der Waals surface area (Å²) in [5, 5.41) is 2.94. The van der Waals surface area contributed by atoms with Crippen molar-refractivity contribution < 1.29 is 22.7 Å². The van der Waals surface area contributed by atoms with E-state index >= 15 is 0 Å². The first-order chi connectivity index (χ1) is 20.2. The van der Waals surface area contributed by atoms with Crippen LogP contribution in [0.2, 0.25) is 0 Å². The number of rotatable bonds is 8. The van der Waals surface area contributed by atoms with Crippen molar-refractivity contribution >= 4 is 11.6 Å². The predicted molar refractivity (Wildman–Crippen MR) is 160 cm³/mol. The number of ether oxygens (including phenoxy) is 1. The molecule has 5 rings (SSSR count). The van der Waals surface area contributed by atoms with Crippen LogP contribution in [0.5, 0.6) is 0 Å². The van der Waals surface area contributed by atoms with Crippen molar-refractivity contribution in [3.63, 3.8) is 0 Å². The Morgan fingerprint density at radius 1 is 0.881 bits per heavy atom. The summed E-state index contributed by atoms with van der Waals surface area (Å²) in [5.41, 5.74) is 3.82. The van der Waals surface area contributed by atoms with Gasteiger partial charge in [-0.15, -0.1) is 0 Å². The van der Waals surface area contributed by atoms with Crippen molar-refractivity contribution in [2.75, 3.05) is 25.5 Å². The number of alkyl halides is 3. The third-order valence-corrected chi connectivity index (χ3v) is 7.91. The summed E-state index contributed by atoms with van der Waals surface area (Å²) in [6.07, 6.45) is -2.43. The molecule has 0 spiro atoms. The van der Waals surface area contributed by atoms with Crippen LogP contribution >= 0.6 is 0 Å². The van der Waals surface area contributed by atoms with Crippen LogP contribution < -0.4 is 5.32 Å². The second-order valence-electron chi connectivity index (χ2n) is 10.5. The predicted octanol–water partition coefficient (Wildman–Crippen LogP) is 8.71. The lowest BCUT2D eigenvalue weighted by molar-refractivity contribution is -0.137. The number of carbonyl (C=O) groups excluding carboxylic acids is 1. The van der Waals surface area contributed by atoms with E-state index in [1.54, 1.807) is 31.4 Å². The molecule has 1 fully saturated rings. The van der Waals surface area contributed by atoms with Gasteiger partial charge in [-0.25, -0.2) is 0 Å². The van der Waals surface area contributed by atoms with Crippen molar-refractivity contribution in [3.05, 3.63) is 138 Å². The molecular formula is C35H33F3N2O2. The minimum atomic E-state index is -4.41. The highest BCUT2D eigenvalue weighted by Crippen LogP contribution is 2.36. The van der Waals surface area contributed by atoms with E-state index in [1.165, 1.54) is 23.3 Å². The summed E-state index contributed by atoms with van der Waals surface area (Å²) in [7, 11) is 1.67. The first kappa shape index (κ1) is 29.1. The average Bonchev–Trinajstić information content (AvgIpc) is 3.02. The van der Waals surface area contributed by atoms with Gasteiger partial charge in [-0.2, -0.15) is 13.2 Å². The van der Waals surface area contributed by atoms with Gasteiger partial charge in [0.2, 0.25) is 0 Å². The molecule has 1 heterocycles. The minimum Gasteiger partial charge on any atom is -0.500 e. The lowest BCUT2D eigenvalue weighted by Gasteiger charge is -2.38. The topological polar surface area (TPSA) is 41.6 Å². The van der Waals surface area contributed by atoms with Crippen LogP contribution in [0, 0.1) is 0 Å². The van der Waals surface area contributed by atoms with Crippen molar-refractivity contribution in [1.29, 1.82) is 0 Å². The summed E-state index contributed by atoms with van der Waals surface area (Å²) < 4.78 is 44.5. The second-order valence-corrected chi connectivity index (χ2v) is 10.5. The van der Waals surface area contributed by atoms with Crippen molar-refractivity contribution in [1.82, 2.24) is 4.90 Å². The number of hydrogen-bond donors (Lipinski definition) is 1. The molecule has 1 aliphatic heterocycles. The van der Waals surface area contributed by atoms with Crippen molar-refractivity contribution in [2.24, 2.45) is 0 Å². The Labute approximate surface area is 244 Å². The molecule has 1 atom stereocenters. The molecule has 1 aliphatic rings. The Kier molecular flexibility index (Phi) is 8.78. The standard InChI is InChI=1S/C35H33F3N2O2/c1-24(42-2)33(28-8-4-3-5-9-28)40-22-20-26(21-23-40)25-14-18-30(19-15-25)39-34(41)32-11-7-6-10-31(32)27-12-16-29(17-13-27)35(36,37)38/h3-19,26,33H,1,20-23H2,2H3,(H,39,41). The van der Waals surface area contributed by atoms with E-state index in [1.807, 2.05) is 30.3 Å². The smallest absolute Gasteiger partial charge is 0.416 e. The van der Waals surface area contributed by atoms with Gasteiger partial charge in [0.1, 0.15) is 5.76 Å². The largest absolute Gasteiger partial charge is 0.500 e. The number of halogens is 3. The van der Waals surface area contributed by atoms with Gasteiger partial charge in [0.05, 0.1) is 18.7 Å². The Balaban J connectivity index is 1.23. The first-order valence-electron chi connectivity index (χ1n) is 13.9. The fraction of sp³-hybridized carbons (Fsp3) is 0.229. The number of methoxy groups -OCH3 is 1. The van der Waals surface area contributed by atoms with Crippen LogP contribution in [0.3, 0.4) is 0 Å².